The van der Waals surface area contributed by atoms with Gasteiger partial charge in [-0.1, -0.05) is 0 Å². The number of anilines is 1. The van der Waals surface area contributed by atoms with E-state index in [2.05, 4.69) is 33.2 Å². The molecule has 110 valence electrons. The molecule has 1 aliphatic heterocycles. The van der Waals surface area contributed by atoms with E-state index in [9.17, 15) is 0 Å². The Morgan fingerprint density at radius 1 is 1.25 bits per heavy atom. The topological polar surface area (TPSA) is 47.0 Å². The zero-order valence-electron chi connectivity index (χ0n) is 12.0. The summed E-state index contributed by atoms with van der Waals surface area (Å²) < 4.78 is 6.87. The number of rotatable bonds is 5. The summed E-state index contributed by atoms with van der Waals surface area (Å²) in [5.74, 6) is 2.49. The average Bonchev–Trinajstić information content (AvgIpc) is 3.28. The lowest BCUT2D eigenvalue weighted by Gasteiger charge is -2.22. The smallest absolute Gasteiger partial charge is 0.144 e. The molecule has 0 spiro atoms. The van der Waals surface area contributed by atoms with Gasteiger partial charge in [0.1, 0.15) is 11.6 Å². The minimum atomic E-state index is 0.298. The van der Waals surface area contributed by atoms with E-state index in [4.69, 9.17) is 9.72 Å². The Morgan fingerprint density at radius 3 is 2.75 bits per heavy atom. The summed E-state index contributed by atoms with van der Waals surface area (Å²) in [5.41, 5.74) is 1.18. The fourth-order valence-electron chi connectivity index (χ4n) is 2.69. The number of hydrogen-bond donors (Lipinski definition) is 1. The normalized spacial score (nSPS) is 22.8. The standard InChI is InChI=1S/C15H22BrN3O/c1-2-17-15-13(16)14(10-6-7-10)18-12(19-15)9-11-5-3-4-8-20-11/h10-11H,2-9H2,1H3,(H,17,18,19). The molecule has 4 nitrogen and oxygen atoms in total. The molecule has 3 rings (SSSR count). The van der Waals surface area contributed by atoms with Crippen LogP contribution in [0.25, 0.3) is 0 Å². The third-order valence-electron chi connectivity index (χ3n) is 3.92. The summed E-state index contributed by atoms with van der Waals surface area (Å²) in [6.07, 6.45) is 7.22. The van der Waals surface area contributed by atoms with Crippen molar-refractivity contribution in [3.8, 4) is 0 Å². The largest absolute Gasteiger partial charge is 0.378 e. The molecule has 0 bridgehead atoms. The van der Waals surface area contributed by atoms with Crippen molar-refractivity contribution in [2.75, 3.05) is 18.5 Å². The first kappa shape index (κ1) is 14.3. The SMILES string of the molecule is CCNc1nc(CC2CCCCO2)nc(C2CC2)c1Br. The van der Waals surface area contributed by atoms with Gasteiger partial charge in [0, 0.05) is 25.5 Å². The van der Waals surface area contributed by atoms with Crippen LogP contribution >= 0.6 is 15.9 Å². The fourth-order valence-corrected chi connectivity index (χ4v) is 3.33. The van der Waals surface area contributed by atoms with E-state index >= 15 is 0 Å². The molecule has 1 aromatic rings. The van der Waals surface area contributed by atoms with Crippen LogP contribution in [0.4, 0.5) is 5.82 Å². The molecule has 1 unspecified atom stereocenters. The van der Waals surface area contributed by atoms with Gasteiger partial charge in [0.05, 0.1) is 16.3 Å². The molecule has 1 aromatic heterocycles. The van der Waals surface area contributed by atoms with Gasteiger partial charge in [0.2, 0.25) is 0 Å². The van der Waals surface area contributed by atoms with Gasteiger partial charge in [-0.2, -0.15) is 0 Å². The summed E-state index contributed by atoms with van der Waals surface area (Å²) in [4.78, 5) is 9.47. The van der Waals surface area contributed by atoms with Crippen LogP contribution in [0.5, 0.6) is 0 Å². The van der Waals surface area contributed by atoms with Gasteiger partial charge in [0.25, 0.3) is 0 Å². The van der Waals surface area contributed by atoms with Crippen LogP contribution in [0.1, 0.15) is 56.5 Å². The van der Waals surface area contributed by atoms with E-state index in [1.165, 1.54) is 31.4 Å². The zero-order valence-corrected chi connectivity index (χ0v) is 13.6. The highest BCUT2D eigenvalue weighted by Crippen LogP contribution is 2.43. The van der Waals surface area contributed by atoms with E-state index in [0.717, 1.165) is 42.1 Å². The molecule has 0 amide bonds. The van der Waals surface area contributed by atoms with E-state index < -0.39 is 0 Å². The molecule has 1 N–H and O–H groups in total. The lowest BCUT2D eigenvalue weighted by atomic mass is 10.1. The van der Waals surface area contributed by atoms with Gasteiger partial charge in [-0.25, -0.2) is 9.97 Å². The highest BCUT2D eigenvalue weighted by molar-refractivity contribution is 9.10. The van der Waals surface area contributed by atoms with Crippen molar-refractivity contribution >= 4 is 21.7 Å². The summed E-state index contributed by atoms with van der Waals surface area (Å²) in [6, 6.07) is 0. The molecule has 2 fully saturated rings. The first-order valence-corrected chi connectivity index (χ1v) is 8.49. The van der Waals surface area contributed by atoms with Crippen LogP contribution in [-0.4, -0.2) is 29.2 Å². The molecular weight excluding hydrogens is 318 g/mol. The van der Waals surface area contributed by atoms with Crippen LogP contribution in [0.15, 0.2) is 4.47 Å². The fraction of sp³-hybridized carbons (Fsp3) is 0.733. The van der Waals surface area contributed by atoms with Gasteiger partial charge in [-0.3, -0.25) is 0 Å². The third kappa shape index (κ3) is 3.31. The highest BCUT2D eigenvalue weighted by Gasteiger charge is 2.30. The average molecular weight is 340 g/mol. The third-order valence-corrected chi connectivity index (χ3v) is 4.70. The minimum absolute atomic E-state index is 0.298. The monoisotopic (exact) mass is 339 g/mol. The summed E-state index contributed by atoms with van der Waals surface area (Å²) in [7, 11) is 0. The van der Waals surface area contributed by atoms with Crippen molar-refractivity contribution in [1.82, 2.24) is 9.97 Å². The van der Waals surface area contributed by atoms with Gasteiger partial charge >= 0.3 is 0 Å². The van der Waals surface area contributed by atoms with Crippen LogP contribution < -0.4 is 5.32 Å². The Balaban J connectivity index is 1.81. The predicted molar refractivity (Wildman–Crippen MR) is 83.2 cm³/mol. The Labute approximate surface area is 128 Å². The summed E-state index contributed by atoms with van der Waals surface area (Å²) in [5, 5.41) is 3.34. The lowest BCUT2D eigenvalue weighted by Crippen LogP contribution is -2.23. The molecule has 0 radical (unpaired) electrons. The number of nitrogens with one attached hydrogen (secondary N) is 1. The summed E-state index contributed by atoms with van der Waals surface area (Å²) >= 11 is 3.66. The van der Waals surface area contributed by atoms with E-state index in [0.29, 0.717) is 12.0 Å². The Morgan fingerprint density at radius 2 is 2.10 bits per heavy atom. The number of ether oxygens (including phenoxy) is 1. The second-order valence-electron chi connectivity index (χ2n) is 5.68. The maximum Gasteiger partial charge on any atom is 0.144 e. The number of nitrogens with zero attached hydrogens (tertiary/aromatic N) is 2. The van der Waals surface area contributed by atoms with Crippen molar-refractivity contribution in [1.29, 1.82) is 0 Å². The van der Waals surface area contributed by atoms with Crippen molar-refractivity contribution in [2.45, 2.75) is 57.5 Å². The van der Waals surface area contributed by atoms with Crippen molar-refractivity contribution in [2.24, 2.45) is 0 Å². The van der Waals surface area contributed by atoms with Crippen LogP contribution in [0.3, 0.4) is 0 Å². The van der Waals surface area contributed by atoms with E-state index in [1.54, 1.807) is 0 Å². The van der Waals surface area contributed by atoms with Crippen molar-refractivity contribution in [3.63, 3.8) is 0 Å². The summed E-state index contributed by atoms with van der Waals surface area (Å²) in [6.45, 7) is 3.85. The maximum atomic E-state index is 5.82. The van der Waals surface area contributed by atoms with E-state index in [1.807, 2.05) is 0 Å². The van der Waals surface area contributed by atoms with Crippen molar-refractivity contribution in [3.05, 3.63) is 16.0 Å². The van der Waals surface area contributed by atoms with Crippen LogP contribution in [0, 0.1) is 0 Å². The molecule has 20 heavy (non-hydrogen) atoms. The molecule has 1 saturated heterocycles. The molecule has 2 heterocycles. The second kappa shape index (κ2) is 6.39. The number of aromatic nitrogens is 2. The molecule has 1 aliphatic carbocycles. The van der Waals surface area contributed by atoms with Crippen molar-refractivity contribution < 1.29 is 4.74 Å². The quantitative estimate of drug-likeness (QED) is 0.889. The Kier molecular flexibility index (Phi) is 4.56. The Bertz CT molecular complexity index is 470. The minimum Gasteiger partial charge on any atom is -0.378 e. The second-order valence-corrected chi connectivity index (χ2v) is 6.48. The molecule has 2 aliphatic rings. The van der Waals surface area contributed by atoms with E-state index in [-0.39, 0.29) is 0 Å². The van der Waals surface area contributed by atoms with Gasteiger partial charge in [-0.15, -0.1) is 0 Å². The predicted octanol–water partition coefficient (Wildman–Crippen LogP) is 3.66. The number of hydrogen-bond acceptors (Lipinski definition) is 4. The maximum absolute atomic E-state index is 5.82. The zero-order chi connectivity index (χ0) is 13.9. The van der Waals surface area contributed by atoms with Gasteiger partial charge in [-0.05, 0) is 55.0 Å². The lowest BCUT2D eigenvalue weighted by molar-refractivity contribution is 0.0156. The molecule has 0 aromatic carbocycles. The first-order valence-electron chi connectivity index (χ1n) is 7.69. The first-order chi connectivity index (χ1) is 9.78. The number of halogens is 1. The van der Waals surface area contributed by atoms with Crippen LogP contribution in [0.2, 0.25) is 0 Å². The molecule has 5 heteroatoms. The molecule has 1 atom stereocenters. The molecule has 1 saturated carbocycles. The van der Waals surface area contributed by atoms with Gasteiger partial charge < -0.3 is 10.1 Å². The van der Waals surface area contributed by atoms with Crippen LogP contribution in [-0.2, 0) is 11.2 Å². The molecular formula is C15H22BrN3O. The highest BCUT2D eigenvalue weighted by atomic mass is 79.9. The van der Waals surface area contributed by atoms with Gasteiger partial charge in [0.15, 0.2) is 0 Å². The Hall–Kier alpha value is -0.680.